The van der Waals surface area contributed by atoms with Crippen molar-refractivity contribution in [1.29, 1.82) is 0 Å². The molecule has 0 aliphatic rings. The van der Waals surface area contributed by atoms with Crippen LogP contribution in [-0.4, -0.2) is 4.92 Å². The first-order valence-electron chi connectivity index (χ1n) is 5.09. The summed E-state index contributed by atoms with van der Waals surface area (Å²) < 4.78 is 1.03. The molecule has 0 aliphatic heterocycles. The summed E-state index contributed by atoms with van der Waals surface area (Å²) >= 11 is 4.95. The van der Waals surface area contributed by atoms with E-state index < -0.39 is 4.92 Å². The number of nitro groups is 1. The Hall–Kier alpha value is -1.60. The Kier molecular flexibility index (Phi) is 3.83. The molecule has 0 radical (unpaired) electrons. The summed E-state index contributed by atoms with van der Waals surface area (Å²) in [5.74, 6) is 0. The molecule has 0 amide bonds. The third-order valence-corrected chi connectivity index (χ3v) is 3.96. The summed E-state index contributed by atoms with van der Waals surface area (Å²) in [5, 5.41) is 14.0. The molecule has 0 saturated heterocycles. The molecule has 0 atom stereocenters. The number of nitro benzene ring substituents is 1. The van der Waals surface area contributed by atoms with Gasteiger partial charge >= 0.3 is 5.69 Å². The lowest BCUT2D eigenvalue weighted by Gasteiger charge is -2.07. The Balaban J connectivity index is 2.19. The molecule has 0 bridgehead atoms. The van der Waals surface area contributed by atoms with Crippen LogP contribution in [-0.2, 0) is 6.54 Å². The minimum absolute atomic E-state index is 0.0758. The zero-order valence-electron chi connectivity index (χ0n) is 9.22. The molecule has 0 aliphatic carbocycles. The van der Waals surface area contributed by atoms with Gasteiger partial charge in [0.1, 0.15) is 11.4 Å². The van der Waals surface area contributed by atoms with Gasteiger partial charge in [-0.3, -0.25) is 10.1 Å². The first-order valence-corrected chi connectivity index (χ1v) is 6.70. The standard InChI is InChI=1S/C11H10BrN3O2S/c12-10-5-4-7(18-10)6-14-9-3-1-2-8(13)11(9)15(16)17/h1-5,14H,6,13H2. The fourth-order valence-corrected chi connectivity index (χ4v) is 2.96. The predicted molar refractivity (Wildman–Crippen MR) is 76.9 cm³/mol. The molecule has 1 aromatic heterocycles. The maximum absolute atomic E-state index is 10.9. The molecule has 0 fully saturated rings. The molecule has 2 aromatic rings. The summed E-state index contributed by atoms with van der Waals surface area (Å²) in [7, 11) is 0. The number of benzene rings is 1. The highest BCUT2D eigenvalue weighted by Crippen LogP contribution is 2.31. The van der Waals surface area contributed by atoms with Gasteiger partial charge in [0.25, 0.3) is 0 Å². The van der Waals surface area contributed by atoms with Gasteiger partial charge in [0.15, 0.2) is 0 Å². The summed E-state index contributed by atoms with van der Waals surface area (Å²) in [6.07, 6.45) is 0. The van der Waals surface area contributed by atoms with Gasteiger partial charge in [0.2, 0.25) is 0 Å². The maximum atomic E-state index is 10.9. The number of hydrogen-bond donors (Lipinski definition) is 2. The molecule has 0 spiro atoms. The molecule has 1 heterocycles. The third-order valence-electron chi connectivity index (χ3n) is 2.33. The van der Waals surface area contributed by atoms with E-state index in [1.807, 2.05) is 12.1 Å². The second-order valence-electron chi connectivity index (χ2n) is 3.56. The highest BCUT2D eigenvalue weighted by atomic mass is 79.9. The number of nitrogens with one attached hydrogen (secondary N) is 1. The number of nitrogens with two attached hydrogens (primary N) is 1. The van der Waals surface area contributed by atoms with Crippen molar-refractivity contribution in [2.45, 2.75) is 6.54 Å². The minimum atomic E-state index is -0.470. The minimum Gasteiger partial charge on any atom is -0.393 e. The summed E-state index contributed by atoms with van der Waals surface area (Å²) in [6.45, 7) is 0.528. The fourth-order valence-electron chi connectivity index (χ4n) is 1.54. The van der Waals surface area contributed by atoms with Crippen molar-refractivity contribution >= 4 is 44.3 Å². The van der Waals surface area contributed by atoms with E-state index in [0.29, 0.717) is 12.2 Å². The molecule has 1 aromatic carbocycles. The molecule has 18 heavy (non-hydrogen) atoms. The molecule has 3 N–H and O–H groups in total. The molecule has 5 nitrogen and oxygen atoms in total. The van der Waals surface area contributed by atoms with Gasteiger partial charge in [-0.2, -0.15) is 0 Å². The van der Waals surface area contributed by atoms with E-state index in [1.165, 1.54) is 6.07 Å². The first kappa shape index (κ1) is 12.8. The van der Waals surface area contributed by atoms with Crippen LogP contribution in [0, 0.1) is 10.1 Å². The van der Waals surface area contributed by atoms with Crippen molar-refractivity contribution in [1.82, 2.24) is 0 Å². The zero-order chi connectivity index (χ0) is 13.1. The fraction of sp³-hybridized carbons (Fsp3) is 0.0909. The van der Waals surface area contributed by atoms with Gasteiger partial charge < -0.3 is 11.1 Å². The summed E-state index contributed by atoms with van der Waals surface area (Å²) in [5.41, 5.74) is 6.13. The van der Waals surface area contributed by atoms with Gasteiger partial charge in [-0.15, -0.1) is 11.3 Å². The second kappa shape index (κ2) is 5.36. The lowest BCUT2D eigenvalue weighted by Crippen LogP contribution is -2.03. The van der Waals surface area contributed by atoms with E-state index in [4.69, 9.17) is 5.73 Å². The van der Waals surface area contributed by atoms with Crippen LogP contribution in [0.15, 0.2) is 34.1 Å². The van der Waals surface area contributed by atoms with Gasteiger partial charge in [0.05, 0.1) is 8.71 Å². The number of anilines is 2. The smallest absolute Gasteiger partial charge is 0.314 e. The molecule has 0 unspecified atom stereocenters. The lowest BCUT2D eigenvalue weighted by atomic mass is 10.2. The van der Waals surface area contributed by atoms with Crippen molar-refractivity contribution < 1.29 is 4.92 Å². The van der Waals surface area contributed by atoms with E-state index in [1.54, 1.807) is 23.5 Å². The van der Waals surface area contributed by atoms with E-state index >= 15 is 0 Å². The van der Waals surface area contributed by atoms with Crippen molar-refractivity contribution in [3.63, 3.8) is 0 Å². The van der Waals surface area contributed by atoms with Crippen LogP contribution in [0.2, 0.25) is 0 Å². The Bertz CT molecular complexity index is 585. The van der Waals surface area contributed by atoms with Crippen LogP contribution >= 0.6 is 27.3 Å². The molecule has 94 valence electrons. The van der Waals surface area contributed by atoms with E-state index in [0.717, 1.165) is 8.66 Å². The molecular weight excluding hydrogens is 318 g/mol. The van der Waals surface area contributed by atoms with E-state index in [2.05, 4.69) is 21.2 Å². The monoisotopic (exact) mass is 327 g/mol. The largest absolute Gasteiger partial charge is 0.393 e. The van der Waals surface area contributed by atoms with Crippen LogP contribution in [0.5, 0.6) is 0 Å². The average molecular weight is 328 g/mol. The highest BCUT2D eigenvalue weighted by molar-refractivity contribution is 9.11. The lowest BCUT2D eigenvalue weighted by molar-refractivity contribution is -0.383. The van der Waals surface area contributed by atoms with E-state index in [-0.39, 0.29) is 11.4 Å². The zero-order valence-corrected chi connectivity index (χ0v) is 11.6. The third kappa shape index (κ3) is 2.80. The van der Waals surface area contributed by atoms with E-state index in [9.17, 15) is 10.1 Å². The quantitative estimate of drug-likeness (QED) is 0.510. The number of halogens is 1. The normalized spacial score (nSPS) is 10.3. The van der Waals surface area contributed by atoms with Gasteiger partial charge in [-0.1, -0.05) is 6.07 Å². The van der Waals surface area contributed by atoms with Gasteiger partial charge in [0, 0.05) is 11.4 Å². The number of rotatable bonds is 4. The van der Waals surface area contributed by atoms with Crippen LogP contribution in [0.25, 0.3) is 0 Å². The number of nitrogens with zero attached hydrogens (tertiary/aromatic N) is 1. The van der Waals surface area contributed by atoms with Gasteiger partial charge in [-0.05, 0) is 40.2 Å². The van der Waals surface area contributed by atoms with Crippen LogP contribution in [0.1, 0.15) is 4.88 Å². The predicted octanol–water partition coefficient (Wildman–Crippen LogP) is 3.61. The Morgan fingerprint density at radius 2 is 2.17 bits per heavy atom. The van der Waals surface area contributed by atoms with Crippen LogP contribution in [0.3, 0.4) is 0 Å². The summed E-state index contributed by atoms with van der Waals surface area (Å²) in [6, 6.07) is 8.76. The first-order chi connectivity index (χ1) is 8.58. The molecular formula is C11H10BrN3O2S. The number of nitrogen functional groups attached to an aromatic ring is 1. The maximum Gasteiger partial charge on any atom is 0.314 e. The SMILES string of the molecule is Nc1cccc(NCc2ccc(Br)s2)c1[N+](=O)[O-]. The van der Waals surface area contributed by atoms with Crippen LogP contribution in [0.4, 0.5) is 17.1 Å². The van der Waals surface area contributed by atoms with Crippen LogP contribution < -0.4 is 11.1 Å². The summed E-state index contributed by atoms with van der Waals surface area (Å²) in [4.78, 5) is 11.6. The molecule has 0 saturated carbocycles. The number of thiophene rings is 1. The van der Waals surface area contributed by atoms with Crippen molar-refractivity contribution in [3.05, 3.63) is 49.1 Å². The Morgan fingerprint density at radius 1 is 1.39 bits per heavy atom. The molecule has 2 rings (SSSR count). The van der Waals surface area contributed by atoms with Crippen molar-refractivity contribution in [2.24, 2.45) is 0 Å². The second-order valence-corrected chi connectivity index (χ2v) is 6.11. The topological polar surface area (TPSA) is 81.2 Å². The highest BCUT2D eigenvalue weighted by Gasteiger charge is 2.17. The Labute approximate surface area is 116 Å². The van der Waals surface area contributed by atoms with Gasteiger partial charge in [-0.25, -0.2) is 0 Å². The number of hydrogen-bond acceptors (Lipinski definition) is 5. The molecule has 7 heteroatoms. The average Bonchev–Trinajstić information content (AvgIpc) is 2.72. The number of para-hydroxylation sites is 1. The van der Waals surface area contributed by atoms with Crippen molar-refractivity contribution in [2.75, 3.05) is 11.1 Å². The van der Waals surface area contributed by atoms with Crippen molar-refractivity contribution in [3.8, 4) is 0 Å². The Morgan fingerprint density at radius 3 is 2.78 bits per heavy atom.